The first-order valence-electron chi connectivity index (χ1n) is 10.3. The minimum atomic E-state index is 0.188. The van der Waals surface area contributed by atoms with Crippen LogP contribution in [0.2, 0.25) is 0 Å². The molecule has 0 aliphatic carbocycles. The summed E-state index contributed by atoms with van der Waals surface area (Å²) in [4.78, 5) is 11.6. The van der Waals surface area contributed by atoms with Gasteiger partial charge in [0.15, 0.2) is 11.5 Å². The largest absolute Gasteiger partial charge is 0.494 e. The van der Waals surface area contributed by atoms with Gasteiger partial charge in [0.25, 0.3) is 0 Å². The fourth-order valence-electron chi connectivity index (χ4n) is 4.06. The minimum absolute atomic E-state index is 0.188. The molecular formula is C26H19N5O. The molecule has 0 radical (unpaired) electrons. The zero-order chi connectivity index (χ0) is 21.5. The first kappa shape index (κ1) is 18.2. The molecular weight excluding hydrogens is 398 g/mol. The second-order valence-electron chi connectivity index (χ2n) is 7.64. The fraction of sp³-hybridized carbons (Fsp3) is 0. The molecule has 0 unspecified atom stereocenters. The number of H-pyrrole nitrogens is 1. The fourth-order valence-corrected chi connectivity index (χ4v) is 4.06. The van der Waals surface area contributed by atoms with E-state index in [1.807, 2.05) is 42.9 Å². The van der Waals surface area contributed by atoms with Crippen LogP contribution in [-0.4, -0.2) is 24.5 Å². The Labute approximate surface area is 183 Å². The third kappa shape index (κ3) is 3.06. The molecule has 3 N–H and O–H groups in total. The predicted octanol–water partition coefficient (Wildman–Crippen LogP) is 5.99. The van der Waals surface area contributed by atoms with Crippen LogP contribution in [0.1, 0.15) is 0 Å². The normalized spacial score (nSPS) is 11.2. The van der Waals surface area contributed by atoms with Gasteiger partial charge in [0.05, 0.1) is 11.4 Å². The van der Waals surface area contributed by atoms with Gasteiger partial charge in [-0.1, -0.05) is 24.3 Å². The summed E-state index contributed by atoms with van der Waals surface area (Å²) in [7, 11) is 0. The highest BCUT2D eigenvalue weighted by molar-refractivity contribution is 5.91. The van der Waals surface area contributed by atoms with Crippen molar-refractivity contribution in [3.63, 3.8) is 0 Å². The van der Waals surface area contributed by atoms with E-state index < -0.39 is 0 Å². The molecule has 0 spiro atoms. The minimum Gasteiger partial charge on any atom is -0.494 e. The summed E-state index contributed by atoms with van der Waals surface area (Å²) >= 11 is 0. The standard InChI is InChI=1S/C26H19N5O/c32-26-22-8-5-18(14-20(22)16-29-26)24-10-9-23(25-28-12-13-31(24)25)30-21-6-3-17(4-7-21)19-2-1-11-27-15-19/h1-16,29-30,32H. The van der Waals surface area contributed by atoms with Gasteiger partial charge in [-0.15, -0.1) is 0 Å². The van der Waals surface area contributed by atoms with E-state index in [4.69, 9.17) is 0 Å². The molecule has 0 aliphatic heterocycles. The van der Waals surface area contributed by atoms with E-state index in [1.165, 1.54) is 0 Å². The average molecular weight is 417 g/mol. The molecule has 0 atom stereocenters. The molecule has 4 aromatic heterocycles. The second-order valence-corrected chi connectivity index (χ2v) is 7.64. The van der Waals surface area contributed by atoms with E-state index in [0.29, 0.717) is 0 Å². The third-order valence-electron chi connectivity index (χ3n) is 5.67. The summed E-state index contributed by atoms with van der Waals surface area (Å²) in [6.07, 6.45) is 9.21. The van der Waals surface area contributed by atoms with Gasteiger partial charge >= 0.3 is 0 Å². The van der Waals surface area contributed by atoms with Crippen molar-refractivity contribution in [1.29, 1.82) is 0 Å². The number of aromatic nitrogens is 4. The number of hydrogen-bond donors (Lipinski definition) is 3. The van der Waals surface area contributed by atoms with Gasteiger partial charge in [-0.3, -0.25) is 9.38 Å². The second kappa shape index (κ2) is 7.28. The molecule has 6 nitrogen and oxygen atoms in total. The number of anilines is 2. The van der Waals surface area contributed by atoms with Crippen LogP contribution in [0.3, 0.4) is 0 Å². The van der Waals surface area contributed by atoms with Gasteiger partial charge in [-0.2, -0.15) is 0 Å². The zero-order valence-electron chi connectivity index (χ0n) is 17.0. The highest BCUT2D eigenvalue weighted by Gasteiger charge is 2.11. The van der Waals surface area contributed by atoms with Gasteiger partial charge in [0.2, 0.25) is 0 Å². The monoisotopic (exact) mass is 417 g/mol. The SMILES string of the molecule is Oc1[nH]cc2cc(-c3ccc(Nc4ccc(-c5cccnc5)cc4)c4nccn34)ccc12. The Bertz CT molecular complexity index is 1550. The van der Waals surface area contributed by atoms with Crippen LogP contribution in [0.15, 0.2) is 97.7 Å². The molecule has 0 fully saturated rings. The summed E-state index contributed by atoms with van der Waals surface area (Å²) in [5.41, 5.74) is 7.04. The smallest absolute Gasteiger partial charge is 0.196 e. The number of pyridine rings is 2. The first-order chi connectivity index (χ1) is 15.8. The highest BCUT2D eigenvalue weighted by Crippen LogP contribution is 2.32. The van der Waals surface area contributed by atoms with Gasteiger partial charge < -0.3 is 15.4 Å². The quantitative estimate of drug-likeness (QED) is 0.329. The molecule has 4 heterocycles. The Morgan fingerprint density at radius 1 is 0.875 bits per heavy atom. The van der Waals surface area contributed by atoms with Crippen LogP contribution in [0.4, 0.5) is 11.4 Å². The lowest BCUT2D eigenvalue weighted by molar-refractivity contribution is 0.462. The maximum Gasteiger partial charge on any atom is 0.196 e. The number of rotatable bonds is 4. The first-order valence-corrected chi connectivity index (χ1v) is 10.3. The van der Waals surface area contributed by atoms with Gasteiger partial charge in [-0.05, 0) is 59.2 Å². The molecule has 0 bridgehead atoms. The Kier molecular flexibility index (Phi) is 4.14. The molecule has 0 amide bonds. The van der Waals surface area contributed by atoms with Crippen molar-refractivity contribution in [1.82, 2.24) is 19.4 Å². The Balaban J connectivity index is 1.34. The van der Waals surface area contributed by atoms with Gasteiger partial charge in [0.1, 0.15) is 0 Å². The molecule has 0 saturated heterocycles. The topological polar surface area (TPSA) is 78.2 Å². The average Bonchev–Trinajstić information content (AvgIpc) is 3.48. The highest BCUT2D eigenvalue weighted by atomic mass is 16.3. The number of aromatic amines is 1. The lowest BCUT2D eigenvalue weighted by Crippen LogP contribution is -1.97. The molecule has 6 heteroatoms. The predicted molar refractivity (Wildman–Crippen MR) is 127 cm³/mol. The Morgan fingerprint density at radius 2 is 1.75 bits per heavy atom. The summed E-state index contributed by atoms with van der Waals surface area (Å²) < 4.78 is 2.07. The molecule has 6 aromatic rings. The van der Waals surface area contributed by atoms with Crippen LogP contribution >= 0.6 is 0 Å². The summed E-state index contributed by atoms with van der Waals surface area (Å²) in [5.74, 6) is 0.188. The molecule has 32 heavy (non-hydrogen) atoms. The molecule has 6 rings (SSSR count). The maximum atomic E-state index is 9.89. The third-order valence-corrected chi connectivity index (χ3v) is 5.67. The molecule has 154 valence electrons. The Hall–Kier alpha value is -4.58. The number of fused-ring (bicyclic) bond motifs is 2. The van der Waals surface area contributed by atoms with Crippen molar-refractivity contribution in [2.24, 2.45) is 0 Å². The van der Waals surface area contributed by atoms with Gasteiger partial charge in [-0.25, -0.2) is 4.98 Å². The number of imidazole rings is 1. The number of aromatic hydroxyl groups is 1. The van der Waals surface area contributed by atoms with Crippen LogP contribution in [-0.2, 0) is 0 Å². The van der Waals surface area contributed by atoms with Crippen molar-refractivity contribution in [2.45, 2.75) is 0 Å². The Morgan fingerprint density at radius 3 is 2.59 bits per heavy atom. The van der Waals surface area contributed by atoms with Gasteiger partial charge in [0, 0.05) is 47.4 Å². The molecule has 0 aliphatic rings. The van der Waals surface area contributed by atoms with Crippen molar-refractivity contribution in [3.8, 4) is 28.3 Å². The lowest BCUT2D eigenvalue weighted by atomic mass is 10.1. The van der Waals surface area contributed by atoms with E-state index in [-0.39, 0.29) is 5.88 Å². The van der Waals surface area contributed by atoms with Crippen molar-refractivity contribution in [2.75, 3.05) is 5.32 Å². The number of hydrogen-bond acceptors (Lipinski definition) is 4. The van der Waals surface area contributed by atoms with E-state index in [1.54, 1.807) is 12.4 Å². The number of nitrogens with zero attached hydrogens (tertiary/aromatic N) is 3. The van der Waals surface area contributed by atoms with E-state index in [9.17, 15) is 5.11 Å². The molecule has 2 aromatic carbocycles. The molecule has 0 saturated carbocycles. The van der Waals surface area contributed by atoms with E-state index in [2.05, 4.69) is 67.1 Å². The van der Waals surface area contributed by atoms with Crippen LogP contribution in [0.5, 0.6) is 5.88 Å². The summed E-state index contributed by atoms with van der Waals surface area (Å²) in [5, 5.41) is 15.1. The number of benzene rings is 2. The maximum absolute atomic E-state index is 9.89. The van der Waals surface area contributed by atoms with Crippen molar-refractivity contribution >= 4 is 27.8 Å². The van der Waals surface area contributed by atoms with Crippen LogP contribution in [0.25, 0.3) is 38.8 Å². The van der Waals surface area contributed by atoms with Crippen LogP contribution < -0.4 is 5.32 Å². The number of nitrogens with one attached hydrogen (secondary N) is 2. The van der Waals surface area contributed by atoms with Crippen LogP contribution in [0, 0.1) is 0 Å². The van der Waals surface area contributed by atoms with E-state index in [0.717, 1.165) is 50.2 Å². The zero-order valence-corrected chi connectivity index (χ0v) is 17.0. The van der Waals surface area contributed by atoms with Crippen molar-refractivity contribution < 1.29 is 5.11 Å². The lowest BCUT2D eigenvalue weighted by Gasteiger charge is -2.12. The summed E-state index contributed by atoms with van der Waals surface area (Å²) in [6, 6.07) is 22.4. The van der Waals surface area contributed by atoms with Crippen molar-refractivity contribution in [3.05, 3.63) is 97.7 Å². The van der Waals surface area contributed by atoms with E-state index >= 15 is 0 Å². The summed E-state index contributed by atoms with van der Waals surface area (Å²) in [6.45, 7) is 0.